The van der Waals surface area contributed by atoms with Crippen molar-refractivity contribution in [1.29, 1.82) is 0 Å². The molecular weight excluding hydrogens is 695 g/mol. The number of hydrogen-bond acceptors (Lipinski definition) is 10. The van der Waals surface area contributed by atoms with Gasteiger partial charge in [0, 0.05) is 37.1 Å². The van der Waals surface area contributed by atoms with Gasteiger partial charge in [-0.15, -0.1) is 5.10 Å². The highest BCUT2D eigenvalue weighted by atomic mass is 32.2. The number of nitrogens with one attached hydrogen (secondary N) is 1. The molecule has 1 fully saturated rings. The van der Waals surface area contributed by atoms with Gasteiger partial charge in [-0.05, 0) is 81.4 Å². The van der Waals surface area contributed by atoms with E-state index < -0.39 is 12.3 Å². The first kappa shape index (κ1) is 37.7. The van der Waals surface area contributed by atoms with E-state index in [1.54, 1.807) is 28.9 Å². The molecule has 0 unspecified atom stereocenters. The minimum atomic E-state index is -0.783. The van der Waals surface area contributed by atoms with Crippen molar-refractivity contribution in [3.8, 4) is 22.6 Å². The largest absolute Gasteiger partial charge is 0.508 e. The van der Waals surface area contributed by atoms with E-state index in [1.165, 1.54) is 11.8 Å². The van der Waals surface area contributed by atoms with E-state index in [0.717, 1.165) is 58.3 Å². The molecule has 276 valence electrons. The van der Waals surface area contributed by atoms with E-state index in [0.29, 0.717) is 36.7 Å². The van der Waals surface area contributed by atoms with Crippen molar-refractivity contribution in [1.82, 2.24) is 25.5 Å². The number of ether oxygens (including phenoxy) is 2. The van der Waals surface area contributed by atoms with Crippen molar-refractivity contribution < 1.29 is 34.4 Å². The van der Waals surface area contributed by atoms with Gasteiger partial charge in [0.05, 0.1) is 24.5 Å². The number of thioether (sulfide) groups is 1. The predicted molar refractivity (Wildman–Crippen MR) is 199 cm³/mol. The normalized spacial score (nSPS) is 17.0. The smallest absolute Gasteiger partial charge is 0.303 e. The molecule has 5 aromatic rings. The van der Waals surface area contributed by atoms with Crippen LogP contribution in [0.2, 0.25) is 0 Å². The summed E-state index contributed by atoms with van der Waals surface area (Å²) in [7, 11) is 0. The topological polar surface area (TPSA) is 169 Å². The monoisotopic (exact) mass is 737 g/mol. The van der Waals surface area contributed by atoms with Crippen molar-refractivity contribution in [2.75, 3.05) is 5.75 Å². The summed E-state index contributed by atoms with van der Waals surface area (Å²) in [5, 5.41) is 43.8. The maximum absolute atomic E-state index is 12.4. The van der Waals surface area contributed by atoms with Gasteiger partial charge in [-0.3, -0.25) is 9.59 Å². The number of aliphatic hydroxyl groups is 1. The van der Waals surface area contributed by atoms with E-state index >= 15 is 0 Å². The molecule has 12 nitrogen and oxygen atoms in total. The number of aliphatic hydroxyl groups excluding tert-OH is 1. The average Bonchev–Trinajstić information content (AvgIpc) is 3.66. The number of aliphatic carboxylic acids is 1. The molecule has 1 saturated heterocycles. The molecular formula is C40H43N5O7S. The Balaban J connectivity index is 1.09. The third kappa shape index (κ3) is 10.7. The number of carbonyl (C=O) groups excluding carboxylic acids is 1. The van der Waals surface area contributed by atoms with Gasteiger partial charge >= 0.3 is 5.97 Å². The van der Waals surface area contributed by atoms with Gasteiger partial charge in [-0.25, -0.2) is 0 Å². The van der Waals surface area contributed by atoms with Gasteiger partial charge in [-0.1, -0.05) is 91.3 Å². The molecule has 4 N–H and O–H groups in total. The van der Waals surface area contributed by atoms with Crippen molar-refractivity contribution in [2.24, 2.45) is 0 Å². The summed E-state index contributed by atoms with van der Waals surface area (Å²) in [5.41, 5.74) is 6.47. The Labute approximate surface area is 312 Å². The second-order valence-corrected chi connectivity index (χ2v) is 13.9. The number of phenolic OH excluding ortho intramolecular Hbond substituents is 1. The van der Waals surface area contributed by atoms with Crippen LogP contribution in [0.4, 0.5) is 0 Å². The number of phenols is 1. The summed E-state index contributed by atoms with van der Waals surface area (Å²) in [6, 6.07) is 30.6. The standard InChI is InChI=1S/C40H43N5O7S/c46-25-27-10-12-30(13-11-27)36-23-35(26-53-40-42-43-44-45(40)33-18-20-34(47)21-19-33)51-39(52-36)31-16-14-29(15-17-31)32-7-5-6-28(22-32)24-41-37(48)8-3-1-2-4-9-38(49)50/h5-7,10-22,35-36,39,46-47H,1-4,8-9,23-26H2,(H,41,48)(H,49,50)/t35-,36+,39+/m0/s1. The maximum atomic E-state index is 12.4. The number of benzene rings is 4. The highest BCUT2D eigenvalue weighted by Crippen LogP contribution is 2.40. The lowest BCUT2D eigenvalue weighted by atomic mass is 9.99. The number of amides is 1. The fourth-order valence-corrected chi connectivity index (χ4v) is 7.02. The zero-order valence-electron chi connectivity index (χ0n) is 29.2. The number of carboxylic acid groups (broad SMARTS) is 1. The zero-order valence-corrected chi connectivity index (χ0v) is 30.0. The molecule has 1 aromatic heterocycles. The number of aromatic nitrogens is 4. The highest BCUT2D eigenvalue weighted by molar-refractivity contribution is 7.99. The molecule has 6 rings (SSSR count). The fourth-order valence-electron chi connectivity index (χ4n) is 6.11. The quantitative estimate of drug-likeness (QED) is 0.0578. The Bertz CT molecular complexity index is 1940. The summed E-state index contributed by atoms with van der Waals surface area (Å²) in [6.45, 7) is 0.393. The molecule has 2 heterocycles. The predicted octanol–water partition coefficient (Wildman–Crippen LogP) is 6.91. The number of carbonyl (C=O) groups is 2. The Morgan fingerprint density at radius 1 is 0.830 bits per heavy atom. The van der Waals surface area contributed by atoms with Gasteiger partial charge in [0.1, 0.15) is 5.75 Å². The third-order valence-corrected chi connectivity index (χ3v) is 10.1. The van der Waals surface area contributed by atoms with Gasteiger partial charge in [-0.2, -0.15) is 4.68 Å². The van der Waals surface area contributed by atoms with Gasteiger partial charge in [0.2, 0.25) is 11.1 Å². The van der Waals surface area contributed by atoms with Crippen LogP contribution in [0.25, 0.3) is 16.8 Å². The SMILES string of the molecule is O=C(O)CCCCCCC(=O)NCc1cccc(-c2ccc([C@@H]3O[C@H](CSc4nnnn4-c4ccc(O)cc4)C[C@H](c4ccc(CO)cc4)O3)cc2)c1. The van der Waals surface area contributed by atoms with Crippen molar-refractivity contribution >= 4 is 23.6 Å². The molecule has 0 aliphatic carbocycles. The highest BCUT2D eigenvalue weighted by Gasteiger charge is 2.32. The average molecular weight is 738 g/mol. The number of aromatic hydroxyl groups is 1. The van der Waals surface area contributed by atoms with Crippen LogP contribution in [0.5, 0.6) is 5.75 Å². The lowest BCUT2D eigenvalue weighted by Crippen LogP contribution is -2.31. The molecule has 0 spiro atoms. The van der Waals surface area contributed by atoms with Crippen LogP contribution in [-0.2, 0) is 32.2 Å². The molecule has 3 atom stereocenters. The van der Waals surface area contributed by atoms with Gasteiger partial charge in [0.25, 0.3) is 0 Å². The summed E-state index contributed by atoms with van der Waals surface area (Å²) in [6.07, 6.45) is 3.16. The molecule has 0 radical (unpaired) electrons. The van der Waals surface area contributed by atoms with Crippen LogP contribution in [0, 0.1) is 0 Å². The number of rotatable bonds is 17. The lowest BCUT2D eigenvalue weighted by Gasteiger charge is -2.36. The summed E-state index contributed by atoms with van der Waals surface area (Å²) in [5.74, 6) is -0.0676. The van der Waals surface area contributed by atoms with Crippen molar-refractivity contribution in [3.63, 3.8) is 0 Å². The van der Waals surface area contributed by atoms with E-state index in [1.807, 2.05) is 66.7 Å². The first-order chi connectivity index (χ1) is 25.8. The molecule has 1 aliphatic rings. The summed E-state index contributed by atoms with van der Waals surface area (Å²) < 4.78 is 14.7. The Morgan fingerprint density at radius 2 is 1.57 bits per heavy atom. The van der Waals surface area contributed by atoms with Crippen LogP contribution < -0.4 is 5.32 Å². The van der Waals surface area contributed by atoms with Crippen LogP contribution in [-0.4, -0.2) is 59.3 Å². The molecule has 0 bridgehead atoms. The molecule has 4 aromatic carbocycles. The number of unbranched alkanes of at least 4 members (excludes halogenated alkanes) is 3. The zero-order chi connectivity index (χ0) is 37.0. The Hall–Kier alpha value is -5.08. The Morgan fingerprint density at radius 3 is 2.30 bits per heavy atom. The Kier molecular flexibility index (Phi) is 13.2. The molecule has 13 heteroatoms. The third-order valence-electron chi connectivity index (χ3n) is 9.03. The first-order valence-electron chi connectivity index (χ1n) is 17.7. The van der Waals surface area contributed by atoms with Crippen LogP contribution >= 0.6 is 11.8 Å². The van der Waals surface area contributed by atoms with E-state index in [-0.39, 0.29) is 36.9 Å². The molecule has 53 heavy (non-hydrogen) atoms. The molecule has 1 aliphatic heterocycles. The number of carboxylic acids is 1. The fraction of sp³-hybridized carbons (Fsp3) is 0.325. The van der Waals surface area contributed by atoms with E-state index in [2.05, 4.69) is 26.9 Å². The van der Waals surface area contributed by atoms with E-state index in [9.17, 15) is 19.8 Å². The minimum Gasteiger partial charge on any atom is -0.508 e. The minimum absolute atomic E-state index is 0.0132. The number of tetrazole rings is 1. The summed E-state index contributed by atoms with van der Waals surface area (Å²) in [4.78, 5) is 23.0. The second-order valence-electron chi connectivity index (χ2n) is 13.0. The van der Waals surface area contributed by atoms with Gasteiger partial charge < -0.3 is 30.1 Å². The van der Waals surface area contributed by atoms with Crippen molar-refractivity contribution in [2.45, 2.75) is 81.8 Å². The van der Waals surface area contributed by atoms with E-state index in [4.69, 9.17) is 14.6 Å². The van der Waals surface area contributed by atoms with Gasteiger partial charge in [0.15, 0.2) is 6.29 Å². The first-order valence-corrected chi connectivity index (χ1v) is 18.7. The number of hydrogen-bond donors (Lipinski definition) is 4. The molecule has 1 amide bonds. The van der Waals surface area contributed by atoms with Crippen molar-refractivity contribution in [3.05, 3.63) is 119 Å². The summed E-state index contributed by atoms with van der Waals surface area (Å²) >= 11 is 1.48. The second kappa shape index (κ2) is 18.6. The number of nitrogens with zero attached hydrogens (tertiary/aromatic N) is 4. The lowest BCUT2D eigenvalue weighted by molar-refractivity contribution is -0.245. The van der Waals surface area contributed by atoms with Crippen LogP contribution in [0.1, 0.15) is 79.6 Å². The maximum Gasteiger partial charge on any atom is 0.303 e. The van der Waals surface area contributed by atoms with Crippen LogP contribution in [0.15, 0.2) is 102 Å². The molecule has 0 saturated carbocycles. The van der Waals surface area contributed by atoms with Crippen LogP contribution in [0.3, 0.4) is 0 Å².